The summed E-state index contributed by atoms with van der Waals surface area (Å²) in [6.45, 7) is 6.84. The molecule has 0 unspecified atom stereocenters. The number of aliphatic imine (C=N–C) groups is 1. The Bertz CT molecular complexity index is 715. The number of ether oxygens (including phenoxy) is 1. The second-order valence-corrected chi connectivity index (χ2v) is 7.08. The van der Waals surface area contributed by atoms with Gasteiger partial charge >= 0.3 is 0 Å². The summed E-state index contributed by atoms with van der Waals surface area (Å²) in [7, 11) is 2.07. The van der Waals surface area contributed by atoms with Gasteiger partial charge in [-0.15, -0.1) is 24.0 Å². The van der Waals surface area contributed by atoms with Crippen molar-refractivity contribution in [1.82, 2.24) is 20.0 Å². The van der Waals surface area contributed by atoms with Gasteiger partial charge in [0, 0.05) is 39.1 Å². The third-order valence-corrected chi connectivity index (χ3v) is 4.73. The Hall–Kier alpha value is -1.61. The van der Waals surface area contributed by atoms with E-state index >= 15 is 0 Å². The second kappa shape index (κ2) is 12.1. The molecule has 1 aliphatic carbocycles. The van der Waals surface area contributed by atoms with E-state index in [2.05, 4.69) is 53.6 Å². The second-order valence-electron chi connectivity index (χ2n) is 7.08. The maximum absolute atomic E-state index is 5.76. The number of hydrogen-bond acceptors (Lipinski definition) is 3. The summed E-state index contributed by atoms with van der Waals surface area (Å²) in [5.74, 6) is 1.73. The van der Waals surface area contributed by atoms with E-state index in [0.29, 0.717) is 6.54 Å². The molecule has 154 valence electrons. The van der Waals surface area contributed by atoms with E-state index in [1.54, 1.807) is 0 Å². The molecule has 0 saturated heterocycles. The van der Waals surface area contributed by atoms with Crippen LogP contribution in [-0.2, 0) is 17.8 Å². The number of nitrogens with one attached hydrogen (secondary N) is 1. The fraction of sp³-hybridized carbons (Fsp3) is 0.524. The van der Waals surface area contributed by atoms with Crippen molar-refractivity contribution in [3.8, 4) is 0 Å². The molecule has 3 rings (SSSR count). The largest absolute Gasteiger partial charge is 0.379 e. The van der Waals surface area contributed by atoms with Crippen LogP contribution in [0.1, 0.15) is 30.9 Å². The summed E-state index contributed by atoms with van der Waals surface area (Å²) in [6.07, 6.45) is 6.46. The van der Waals surface area contributed by atoms with E-state index in [1.807, 2.05) is 23.1 Å². The van der Waals surface area contributed by atoms with E-state index < -0.39 is 0 Å². The molecule has 28 heavy (non-hydrogen) atoms. The van der Waals surface area contributed by atoms with Gasteiger partial charge in [0.1, 0.15) is 0 Å². The molecular formula is C21H32IN5O. The minimum Gasteiger partial charge on any atom is -0.379 e. The fourth-order valence-corrected chi connectivity index (χ4v) is 2.91. The van der Waals surface area contributed by atoms with Gasteiger partial charge in [0.05, 0.1) is 19.7 Å². The minimum absolute atomic E-state index is 0. The first-order valence-corrected chi connectivity index (χ1v) is 9.87. The van der Waals surface area contributed by atoms with Crippen LogP contribution < -0.4 is 5.32 Å². The maximum atomic E-state index is 5.76. The van der Waals surface area contributed by atoms with Gasteiger partial charge in [-0.3, -0.25) is 4.68 Å². The lowest BCUT2D eigenvalue weighted by Crippen LogP contribution is -2.40. The standard InChI is InChI=1S/C21H31N5O.HI/c1-3-22-21(25(2)13-14-27-17-18-9-10-18)23-15-19-7-4-5-8-20(19)16-26-12-6-11-24-26;/h4-8,11-12,18H,3,9-10,13-17H2,1-2H3,(H,22,23);1H. The molecule has 0 spiro atoms. The molecular weight excluding hydrogens is 465 g/mol. The molecule has 0 aliphatic heterocycles. The summed E-state index contributed by atoms with van der Waals surface area (Å²) >= 11 is 0. The molecule has 1 saturated carbocycles. The van der Waals surface area contributed by atoms with Crippen molar-refractivity contribution in [3.63, 3.8) is 0 Å². The van der Waals surface area contributed by atoms with Crippen molar-refractivity contribution in [2.45, 2.75) is 32.9 Å². The zero-order valence-electron chi connectivity index (χ0n) is 16.9. The predicted octanol–water partition coefficient (Wildman–Crippen LogP) is 3.37. The molecule has 2 aromatic rings. The lowest BCUT2D eigenvalue weighted by Gasteiger charge is -2.22. The lowest BCUT2D eigenvalue weighted by atomic mass is 10.1. The number of benzene rings is 1. The smallest absolute Gasteiger partial charge is 0.194 e. The summed E-state index contributed by atoms with van der Waals surface area (Å²) < 4.78 is 7.70. The van der Waals surface area contributed by atoms with Gasteiger partial charge in [-0.1, -0.05) is 24.3 Å². The molecule has 0 bridgehead atoms. The van der Waals surface area contributed by atoms with Crippen molar-refractivity contribution in [1.29, 1.82) is 0 Å². The van der Waals surface area contributed by atoms with E-state index in [1.165, 1.54) is 24.0 Å². The average Bonchev–Trinajstić information content (AvgIpc) is 3.37. The maximum Gasteiger partial charge on any atom is 0.194 e. The number of rotatable bonds is 10. The number of aromatic nitrogens is 2. The lowest BCUT2D eigenvalue weighted by molar-refractivity contribution is 0.115. The van der Waals surface area contributed by atoms with Gasteiger partial charge < -0.3 is 15.0 Å². The molecule has 1 aromatic heterocycles. The summed E-state index contributed by atoms with van der Waals surface area (Å²) in [6, 6.07) is 10.4. The first kappa shape index (κ1) is 22.7. The van der Waals surface area contributed by atoms with Crippen LogP contribution in [0.3, 0.4) is 0 Å². The van der Waals surface area contributed by atoms with Crippen LogP contribution in [0.2, 0.25) is 0 Å². The molecule has 6 nitrogen and oxygen atoms in total. The quantitative estimate of drug-likeness (QED) is 0.237. The normalized spacial score (nSPS) is 13.9. The van der Waals surface area contributed by atoms with E-state index in [-0.39, 0.29) is 24.0 Å². The Morgan fingerprint density at radius 3 is 2.75 bits per heavy atom. The van der Waals surface area contributed by atoms with Crippen LogP contribution in [0.15, 0.2) is 47.7 Å². The van der Waals surface area contributed by atoms with Crippen LogP contribution in [0.5, 0.6) is 0 Å². The third kappa shape index (κ3) is 7.43. The van der Waals surface area contributed by atoms with Gasteiger partial charge in [0.2, 0.25) is 0 Å². The molecule has 1 fully saturated rings. The number of halogens is 1. The van der Waals surface area contributed by atoms with Gasteiger partial charge in [-0.2, -0.15) is 5.10 Å². The van der Waals surface area contributed by atoms with Crippen molar-refractivity contribution in [2.24, 2.45) is 10.9 Å². The SMILES string of the molecule is CCNC(=NCc1ccccc1Cn1cccn1)N(C)CCOCC1CC1.I. The van der Waals surface area contributed by atoms with E-state index in [9.17, 15) is 0 Å². The Balaban J connectivity index is 0.00000280. The minimum atomic E-state index is 0. The number of guanidine groups is 1. The monoisotopic (exact) mass is 497 g/mol. The van der Waals surface area contributed by atoms with Crippen molar-refractivity contribution in [3.05, 3.63) is 53.9 Å². The molecule has 1 heterocycles. The Morgan fingerprint density at radius 1 is 1.29 bits per heavy atom. The zero-order valence-corrected chi connectivity index (χ0v) is 19.2. The third-order valence-electron chi connectivity index (χ3n) is 4.73. The van der Waals surface area contributed by atoms with Gasteiger partial charge in [-0.25, -0.2) is 4.99 Å². The molecule has 0 radical (unpaired) electrons. The molecule has 1 N–H and O–H groups in total. The number of nitrogens with zero attached hydrogens (tertiary/aromatic N) is 4. The Kier molecular flexibility index (Phi) is 9.77. The molecule has 1 aliphatic rings. The van der Waals surface area contributed by atoms with Crippen molar-refractivity contribution >= 4 is 29.9 Å². The van der Waals surface area contributed by atoms with Gasteiger partial charge in [-0.05, 0) is 42.9 Å². The Labute approximate surface area is 185 Å². The van der Waals surface area contributed by atoms with Crippen molar-refractivity contribution < 1.29 is 4.74 Å². The highest BCUT2D eigenvalue weighted by molar-refractivity contribution is 14.0. The molecule has 7 heteroatoms. The molecule has 1 aromatic carbocycles. The van der Waals surface area contributed by atoms with Crippen LogP contribution in [0.4, 0.5) is 0 Å². The van der Waals surface area contributed by atoms with Crippen LogP contribution in [0.25, 0.3) is 0 Å². The number of likely N-dealkylation sites (N-methyl/N-ethyl adjacent to an activating group) is 1. The Morgan fingerprint density at radius 2 is 2.07 bits per heavy atom. The fourth-order valence-electron chi connectivity index (χ4n) is 2.91. The first-order chi connectivity index (χ1) is 13.3. The van der Waals surface area contributed by atoms with E-state index in [0.717, 1.165) is 44.7 Å². The predicted molar refractivity (Wildman–Crippen MR) is 124 cm³/mol. The highest BCUT2D eigenvalue weighted by atomic mass is 127. The average molecular weight is 497 g/mol. The topological polar surface area (TPSA) is 54.7 Å². The van der Waals surface area contributed by atoms with Crippen LogP contribution >= 0.6 is 24.0 Å². The van der Waals surface area contributed by atoms with Crippen molar-refractivity contribution in [2.75, 3.05) is 33.4 Å². The van der Waals surface area contributed by atoms with Crippen LogP contribution in [0, 0.1) is 5.92 Å². The summed E-state index contributed by atoms with van der Waals surface area (Å²) in [4.78, 5) is 6.99. The van der Waals surface area contributed by atoms with E-state index in [4.69, 9.17) is 9.73 Å². The molecule has 0 amide bonds. The summed E-state index contributed by atoms with van der Waals surface area (Å²) in [5, 5.41) is 7.69. The van der Waals surface area contributed by atoms with Crippen LogP contribution in [-0.4, -0.2) is 54.0 Å². The summed E-state index contributed by atoms with van der Waals surface area (Å²) in [5.41, 5.74) is 2.47. The zero-order chi connectivity index (χ0) is 18.9. The highest BCUT2D eigenvalue weighted by Crippen LogP contribution is 2.28. The first-order valence-electron chi connectivity index (χ1n) is 9.87. The van der Waals surface area contributed by atoms with Gasteiger partial charge in [0.25, 0.3) is 0 Å². The number of hydrogen-bond donors (Lipinski definition) is 1. The van der Waals surface area contributed by atoms with Gasteiger partial charge in [0.15, 0.2) is 5.96 Å². The highest BCUT2D eigenvalue weighted by Gasteiger charge is 2.21. The molecule has 0 atom stereocenters.